The van der Waals surface area contributed by atoms with Crippen LogP contribution in [0, 0.1) is 0 Å². The molecule has 0 atom stereocenters. The average Bonchev–Trinajstić information content (AvgIpc) is 2.86. The topological polar surface area (TPSA) is 88.0 Å². The summed E-state index contributed by atoms with van der Waals surface area (Å²) in [7, 11) is 0. The van der Waals surface area contributed by atoms with E-state index in [2.05, 4.69) is 25.4 Å². The van der Waals surface area contributed by atoms with Crippen LogP contribution in [0.15, 0.2) is 23.3 Å². The molecule has 1 saturated heterocycles. The van der Waals surface area contributed by atoms with E-state index in [1.807, 2.05) is 0 Å². The molecule has 1 aliphatic heterocycles. The van der Waals surface area contributed by atoms with Gasteiger partial charge in [-0.2, -0.15) is 0 Å². The Morgan fingerprint density at radius 1 is 1.19 bits per heavy atom. The number of fused-ring (bicyclic) bond motifs is 3. The van der Waals surface area contributed by atoms with Crippen molar-refractivity contribution >= 4 is 29.2 Å². The van der Waals surface area contributed by atoms with Crippen LogP contribution in [-0.4, -0.2) is 37.7 Å². The third-order valence-electron chi connectivity index (χ3n) is 3.83. The molecule has 0 bridgehead atoms. The maximum Gasteiger partial charge on any atom is 0.251 e. The quantitative estimate of drug-likeness (QED) is 0.696. The summed E-state index contributed by atoms with van der Waals surface area (Å²) >= 11 is 0. The minimum atomic E-state index is -0.113. The lowest BCUT2D eigenvalue weighted by molar-refractivity contribution is 0.446. The highest BCUT2D eigenvalue weighted by Gasteiger charge is 2.21. The third-order valence-corrected chi connectivity index (χ3v) is 3.83. The van der Waals surface area contributed by atoms with Crippen molar-refractivity contribution in [1.29, 1.82) is 0 Å². The molecule has 0 spiro atoms. The summed E-state index contributed by atoms with van der Waals surface area (Å²) in [6.07, 6.45) is 5.24. The molecular formula is C13H15ClN6O. The molecule has 110 valence electrons. The van der Waals surface area contributed by atoms with E-state index in [0.717, 1.165) is 31.6 Å². The van der Waals surface area contributed by atoms with Gasteiger partial charge in [-0.1, -0.05) is 0 Å². The van der Waals surface area contributed by atoms with Crippen LogP contribution in [0.3, 0.4) is 0 Å². The normalized spacial score (nSPS) is 16.2. The average molecular weight is 307 g/mol. The Bertz CT molecular complexity index is 835. The lowest BCUT2D eigenvalue weighted by Crippen LogP contribution is -2.28. The summed E-state index contributed by atoms with van der Waals surface area (Å²) in [5.41, 5.74) is 2.67. The second kappa shape index (κ2) is 5.42. The first kappa shape index (κ1) is 14.0. The Balaban J connectivity index is 0.00000132. The summed E-state index contributed by atoms with van der Waals surface area (Å²) in [6.45, 7) is 1.94. The van der Waals surface area contributed by atoms with E-state index in [1.54, 1.807) is 23.0 Å². The molecular weight excluding hydrogens is 292 g/mol. The summed E-state index contributed by atoms with van der Waals surface area (Å²) in [5, 5.41) is 7.82. The first-order valence-electron chi connectivity index (χ1n) is 6.76. The molecule has 1 aliphatic rings. The molecule has 1 fully saturated rings. The van der Waals surface area contributed by atoms with E-state index in [0.29, 0.717) is 22.7 Å². The fourth-order valence-electron chi connectivity index (χ4n) is 2.87. The summed E-state index contributed by atoms with van der Waals surface area (Å²) in [5.74, 6) is 0.343. The van der Waals surface area contributed by atoms with E-state index >= 15 is 0 Å². The number of aromatic amines is 1. The number of nitrogens with one attached hydrogen (secondary N) is 2. The Hall–Kier alpha value is -1.99. The van der Waals surface area contributed by atoms with Crippen LogP contribution in [0.25, 0.3) is 16.8 Å². The van der Waals surface area contributed by atoms with E-state index in [1.165, 1.54) is 0 Å². The molecule has 0 amide bonds. The SMILES string of the molecule is Cl.O=c1cc(C2CCNCC2)n2nc3nccnc3c2[nH]1. The number of piperidine rings is 1. The van der Waals surface area contributed by atoms with Crippen molar-refractivity contribution in [2.75, 3.05) is 13.1 Å². The molecule has 0 aromatic carbocycles. The van der Waals surface area contributed by atoms with E-state index < -0.39 is 0 Å². The summed E-state index contributed by atoms with van der Waals surface area (Å²) in [4.78, 5) is 23.2. The maximum absolute atomic E-state index is 11.9. The predicted octanol–water partition coefficient (Wildman–Crippen LogP) is 0.855. The molecule has 2 N–H and O–H groups in total. The molecule has 0 unspecified atom stereocenters. The highest BCUT2D eigenvalue weighted by atomic mass is 35.5. The first-order valence-corrected chi connectivity index (χ1v) is 6.76. The van der Waals surface area contributed by atoms with Gasteiger partial charge in [-0.25, -0.2) is 14.5 Å². The third kappa shape index (κ3) is 2.28. The molecule has 3 aromatic heterocycles. The Morgan fingerprint density at radius 3 is 2.76 bits per heavy atom. The van der Waals surface area contributed by atoms with Gasteiger partial charge in [0.25, 0.3) is 5.56 Å². The number of H-pyrrole nitrogens is 1. The van der Waals surface area contributed by atoms with Gasteiger partial charge >= 0.3 is 0 Å². The van der Waals surface area contributed by atoms with Gasteiger partial charge in [-0.3, -0.25) is 4.79 Å². The van der Waals surface area contributed by atoms with Crippen molar-refractivity contribution in [3.05, 3.63) is 34.5 Å². The van der Waals surface area contributed by atoms with Gasteiger partial charge in [0.2, 0.25) is 5.65 Å². The summed E-state index contributed by atoms with van der Waals surface area (Å²) < 4.78 is 1.79. The zero-order chi connectivity index (χ0) is 13.5. The molecule has 21 heavy (non-hydrogen) atoms. The lowest BCUT2D eigenvalue weighted by atomic mass is 9.94. The van der Waals surface area contributed by atoms with Crippen molar-refractivity contribution in [3.63, 3.8) is 0 Å². The van der Waals surface area contributed by atoms with Gasteiger partial charge in [0, 0.05) is 24.4 Å². The van der Waals surface area contributed by atoms with Crippen molar-refractivity contribution in [2.45, 2.75) is 18.8 Å². The van der Waals surface area contributed by atoms with Crippen LogP contribution in [0.2, 0.25) is 0 Å². The number of halogens is 1. The Morgan fingerprint density at radius 2 is 1.95 bits per heavy atom. The molecule has 0 aliphatic carbocycles. The molecule has 4 heterocycles. The van der Waals surface area contributed by atoms with Gasteiger partial charge < -0.3 is 10.3 Å². The molecule has 3 aromatic rings. The van der Waals surface area contributed by atoms with Crippen LogP contribution in [0.5, 0.6) is 0 Å². The number of nitrogens with zero attached hydrogens (tertiary/aromatic N) is 4. The maximum atomic E-state index is 11.9. The smallest absolute Gasteiger partial charge is 0.251 e. The zero-order valence-electron chi connectivity index (χ0n) is 11.2. The molecule has 8 heteroatoms. The molecule has 0 radical (unpaired) electrons. The second-order valence-corrected chi connectivity index (χ2v) is 5.07. The van der Waals surface area contributed by atoms with Crippen LogP contribution < -0.4 is 10.9 Å². The minimum absolute atomic E-state index is 0. The van der Waals surface area contributed by atoms with Gasteiger partial charge in [-0.15, -0.1) is 17.5 Å². The largest absolute Gasteiger partial charge is 0.317 e. The monoisotopic (exact) mass is 306 g/mol. The van der Waals surface area contributed by atoms with Gasteiger partial charge in [0.05, 0.1) is 5.69 Å². The fourth-order valence-corrected chi connectivity index (χ4v) is 2.87. The first-order chi connectivity index (χ1) is 9.83. The number of hydrogen-bond acceptors (Lipinski definition) is 5. The van der Waals surface area contributed by atoms with E-state index in [4.69, 9.17) is 0 Å². The van der Waals surface area contributed by atoms with E-state index in [9.17, 15) is 4.79 Å². The molecule has 4 rings (SSSR count). The van der Waals surface area contributed by atoms with Gasteiger partial charge in [0.15, 0.2) is 11.2 Å². The van der Waals surface area contributed by atoms with Crippen LogP contribution in [0.1, 0.15) is 24.5 Å². The van der Waals surface area contributed by atoms with Crippen LogP contribution in [0.4, 0.5) is 0 Å². The van der Waals surface area contributed by atoms with Crippen molar-refractivity contribution in [1.82, 2.24) is 29.9 Å². The van der Waals surface area contributed by atoms with Crippen LogP contribution in [-0.2, 0) is 0 Å². The van der Waals surface area contributed by atoms with Gasteiger partial charge in [-0.05, 0) is 25.9 Å². The van der Waals surface area contributed by atoms with E-state index in [-0.39, 0.29) is 18.0 Å². The number of aromatic nitrogens is 5. The number of rotatable bonds is 1. The summed E-state index contributed by atoms with van der Waals surface area (Å²) in [6, 6.07) is 1.65. The molecule has 7 nitrogen and oxygen atoms in total. The van der Waals surface area contributed by atoms with Crippen molar-refractivity contribution < 1.29 is 0 Å². The number of hydrogen-bond donors (Lipinski definition) is 2. The predicted molar refractivity (Wildman–Crippen MR) is 81.0 cm³/mol. The lowest BCUT2D eigenvalue weighted by Gasteiger charge is -2.22. The highest BCUT2D eigenvalue weighted by molar-refractivity contribution is 5.85. The molecule has 0 saturated carbocycles. The standard InChI is InChI=1S/C13H14N6O.ClH/c20-10-7-9(8-1-3-14-4-2-8)19-13(17-10)11-12(18-19)16-6-5-15-11;/h5-8,14H,1-4H2,(H,17,20);1H. The highest BCUT2D eigenvalue weighted by Crippen LogP contribution is 2.25. The Kier molecular flexibility index (Phi) is 3.60. The van der Waals surface area contributed by atoms with Gasteiger partial charge in [0.1, 0.15) is 0 Å². The second-order valence-electron chi connectivity index (χ2n) is 5.07. The van der Waals surface area contributed by atoms with Crippen LogP contribution >= 0.6 is 12.4 Å². The Labute approximate surface area is 126 Å². The fraction of sp³-hybridized carbons (Fsp3) is 0.385. The minimum Gasteiger partial charge on any atom is -0.317 e. The zero-order valence-corrected chi connectivity index (χ0v) is 12.1. The van der Waals surface area contributed by atoms with Crippen molar-refractivity contribution in [3.8, 4) is 0 Å². The van der Waals surface area contributed by atoms with Crippen molar-refractivity contribution in [2.24, 2.45) is 0 Å².